The molecule has 0 amide bonds. The Morgan fingerprint density at radius 2 is 2.26 bits per heavy atom. The lowest BCUT2D eigenvalue weighted by Crippen LogP contribution is -2.29. The summed E-state index contributed by atoms with van der Waals surface area (Å²) in [4.78, 5) is 11.7. The molecule has 4 nitrogen and oxygen atoms in total. The van der Waals surface area contributed by atoms with Crippen LogP contribution in [0.2, 0.25) is 0 Å². The van der Waals surface area contributed by atoms with Gasteiger partial charge in [0.05, 0.1) is 12.7 Å². The molecule has 3 N–H and O–H groups in total. The number of benzene rings is 1. The summed E-state index contributed by atoms with van der Waals surface area (Å²) >= 11 is 0. The smallest absolute Gasteiger partial charge is 0.338 e. The molecule has 104 valence electrons. The molecule has 0 saturated heterocycles. The van der Waals surface area contributed by atoms with Gasteiger partial charge in [-0.2, -0.15) is 0 Å². The molecule has 0 radical (unpaired) electrons. The number of methoxy groups -OCH3 is 1. The van der Waals surface area contributed by atoms with Gasteiger partial charge in [-0.1, -0.05) is 12.5 Å². The van der Waals surface area contributed by atoms with Gasteiger partial charge < -0.3 is 15.8 Å². The molecule has 0 spiro atoms. The Bertz CT molecular complexity index is 459. The minimum Gasteiger partial charge on any atom is -0.465 e. The predicted octanol–water partition coefficient (Wildman–Crippen LogP) is 2.32. The van der Waals surface area contributed by atoms with Crippen molar-refractivity contribution in [1.82, 2.24) is 0 Å². The Kier molecular flexibility index (Phi) is 4.43. The summed E-state index contributed by atoms with van der Waals surface area (Å²) in [5, 5.41) is 3.54. The van der Waals surface area contributed by atoms with Gasteiger partial charge in [0.1, 0.15) is 0 Å². The van der Waals surface area contributed by atoms with E-state index >= 15 is 0 Å². The van der Waals surface area contributed by atoms with Crippen LogP contribution in [0.1, 0.15) is 35.2 Å². The fourth-order valence-corrected chi connectivity index (χ4v) is 2.83. The van der Waals surface area contributed by atoms with Crippen molar-refractivity contribution in [3.05, 3.63) is 29.3 Å². The van der Waals surface area contributed by atoms with E-state index in [1.807, 2.05) is 19.1 Å². The van der Waals surface area contributed by atoms with Gasteiger partial charge in [0.15, 0.2) is 0 Å². The maximum atomic E-state index is 11.7. The average molecular weight is 262 g/mol. The standard InChI is InChI=1S/C15H22N2O2/c1-10-12(15(18)19-2)6-4-7-13(10)17-14-8-3-5-11(14)9-16/h4,6-7,11,14,17H,3,5,8-9,16H2,1-2H3. The monoisotopic (exact) mass is 262 g/mol. The van der Waals surface area contributed by atoms with E-state index in [2.05, 4.69) is 5.32 Å². The molecule has 0 aromatic heterocycles. The largest absolute Gasteiger partial charge is 0.465 e. The molecule has 0 heterocycles. The average Bonchev–Trinajstić information content (AvgIpc) is 2.87. The summed E-state index contributed by atoms with van der Waals surface area (Å²) in [5.74, 6) is 0.240. The second-order valence-corrected chi connectivity index (χ2v) is 5.15. The van der Waals surface area contributed by atoms with Crippen molar-refractivity contribution in [3.63, 3.8) is 0 Å². The van der Waals surface area contributed by atoms with Crippen LogP contribution in [0, 0.1) is 12.8 Å². The summed E-state index contributed by atoms with van der Waals surface area (Å²) in [6.45, 7) is 2.66. The Morgan fingerprint density at radius 3 is 2.95 bits per heavy atom. The Labute approximate surface area is 114 Å². The number of nitrogens with two attached hydrogens (primary N) is 1. The second kappa shape index (κ2) is 6.06. The molecule has 1 aliphatic carbocycles. The second-order valence-electron chi connectivity index (χ2n) is 5.15. The summed E-state index contributed by atoms with van der Waals surface area (Å²) in [7, 11) is 1.41. The molecule has 19 heavy (non-hydrogen) atoms. The number of esters is 1. The highest BCUT2D eigenvalue weighted by Gasteiger charge is 2.26. The molecule has 2 rings (SSSR count). The van der Waals surface area contributed by atoms with Crippen LogP contribution in [0.5, 0.6) is 0 Å². The molecule has 1 aromatic rings. The molecular formula is C15H22N2O2. The van der Waals surface area contributed by atoms with Crippen molar-refractivity contribution in [2.24, 2.45) is 11.7 Å². The summed E-state index contributed by atoms with van der Waals surface area (Å²) < 4.78 is 4.80. The predicted molar refractivity (Wildman–Crippen MR) is 76.3 cm³/mol. The van der Waals surface area contributed by atoms with Gasteiger partial charge in [-0.25, -0.2) is 4.79 Å². The van der Waals surface area contributed by atoms with Crippen molar-refractivity contribution in [2.75, 3.05) is 19.0 Å². The molecule has 4 heteroatoms. The number of anilines is 1. The Hall–Kier alpha value is -1.55. The van der Waals surface area contributed by atoms with Crippen molar-refractivity contribution in [2.45, 2.75) is 32.2 Å². The van der Waals surface area contributed by atoms with Crippen molar-refractivity contribution < 1.29 is 9.53 Å². The quantitative estimate of drug-likeness (QED) is 0.817. The zero-order chi connectivity index (χ0) is 13.8. The number of carbonyl (C=O) groups is 1. The molecule has 1 fully saturated rings. The minimum absolute atomic E-state index is 0.289. The van der Waals surface area contributed by atoms with Crippen LogP contribution in [0.25, 0.3) is 0 Å². The number of hydrogen-bond acceptors (Lipinski definition) is 4. The fraction of sp³-hybridized carbons (Fsp3) is 0.533. The number of rotatable bonds is 4. The van der Waals surface area contributed by atoms with E-state index in [9.17, 15) is 4.79 Å². The van der Waals surface area contributed by atoms with E-state index in [1.54, 1.807) is 6.07 Å². The molecule has 1 aliphatic rings. The van der Waals surface area contributed by atoms with Gasteiger partial charge in [-0.3, -0.25) is 0 Å². The van der Waals surface area contributed by atoms with Crippen LogP contribution >= 0.6 is 0 Å². The van der Waals surface area contributed by atoms with Crippen molar-refractivity contribution >= 4 is 11.7 Å². The first-order chi connectivity index (χ1) is 9.17. The molecule has 2 unspecified atom stereocenters. The third kappa shape index (κ3) is 2.89. The van der Waals surface area contributed by atoms with E-state index in [4.69, 9.17) is 10.5 Å². The lowest BCUT2D eigenvalue weighted by atomic mass is 10.0. The molecule has 0 bridgehead atoms. The molecule has 1 saturated carbocycles. The normalized spacial score (nSPS) is 22.3. The van der Waals surface area contributed by atoms with Crippen LogP contribution in [0.3, 0.4) is 0 Å². The fourth-order valence-electron chi connectivity index (χ4n) is 2.83. The summed E-state index contributed by atoms with van der Waals surface area (Å²) in [5.41, 5.74) is 8.37. The first-order valence-electron chi connectivity index (χ1n) is 6.82. The SMILES string of the molecule is COC(=O)c1cccc(NC2CCCC2CN)c1C. The van der Waals surface area contributed by atoms with Crippen molar-refractivity contribution in [1.29, 1.82) is 0 Å². The zero-order valence-electron chi connectivity index (χ0n) is 11.6. The number of ether oxygens (including phenoxy) is 1. The van der Waals surface area contributed by atoms with Crippen LogP contribution in [0.4, 0.5) is 5.69 Å². The van der Waals surface area contributed by atoms with E-state index in [1.165, 1.54) is 20.0 Å². The van der Waals surface area contributed by atoms with Crippen LogP contribution in [-0.2, 0) is 4.74 Å². The lowest BCUT2D eigenvalue weighted by molar-refractivity contribution is 0.0600. The Morgan fingerprint density at radius 1 is 1.47 bits per heavy atom. The molecule has 1 aromatic carbocycles. The van der Waals surface area contributed by atoms with Crippen LogP contribution in [0.15, 0.2) is 18.2 Å². The lowest BCUT2D eigenvalue weighted by Gasteiger charge is -2.22. The van der Waals surface area contributed by atoms with Gasteiger partial charge in [0.2, 0.25) is 0 Å². The summed E-state index contributed by atoms with van der Waals surface area (Å²) in [6, 6.07) is 6.10. The van der Waals surface area contributed by atoms with E-state index < -0.39 is 0 Å². The highest BCUT2D eigenvalue weighted by atomic mass is 16.5. The van der Waals surface area contributed by atoms with Gasteiger partial charge in [-0.05, 0) is 49.9 Å². The van der Waals surface area contributed by atoms with E-state index in [0.717, 1.165) is 17.7 Å². The minimum atomic E-state index is -0.289. The van der Waals surface area contributed by atoms with Crippen molar-refractivity contribution in [3.8, 4) is 0 Å². The zero-order valence-corrected chi connectivity index (χ0v) is 11.6. The van der Waals surface area contributed by atoms with Crippen LogP contribution < -0.4 is 11.1 Å². The molecule has 2 atom stereocenters. The number of hydrogen-bond donors (Lipinski definition) is 2. The van der Waals surface area contributed by atoms with Gasteiger partial charge in [0, 0.05) is 11.7 Å². The first-order valence-corrected chi connectivity index (χ1v) is 6.82. The number of carbonyl (C=O) groups excluding carboxylic acids is 1. The maximum absolute atomic E-state index is 11.7. The summed E-state index contributed by atoms with van der Waals surface area (Å²) in [6.07, 6.45) is 3.54. The molecule has 0 aliphatic heterocycles. The topological polar surface area (TPSA) is 64.3 Å². The third-order valence-electron chi connectivity index (χ3n) is 4.04. The van der Waals surface area contributed by atoms with E-state index in [0.29, 0.717) is 24.1 Å². The van der Waals surface area contributed by atoms with Gasteiger partial charge >= 0.3 is 5.97 Å². The highest BCUT2D eigenvalue weighted by molar-refractivity contribution is 5.92. The molecular weight excluding hydrogens is 240 g/mol. The number of nitrogens with one attached hydrogen (secondary N) is 1. The first kappa shape index (κ1) is 13.9. The van der Waals surface area contributed by atoms with Gasteiger partial charge in [0.25, 0.3) is 0 Å². The maximum Gasteiger partial charge on any atom is 0.338 e. The third-order valence-corrected chi connectivity index (χ3v) is 4.04. The Balaban J connectivity index is 2.19. The van der Waals surface area contributed by atoms with Crippen LogP contribution in [-0.4, -0.2) is 25.7 Å². The van der Waals surface area contributed by atoms with E-state index in [-0.39, 0.29) is 5.97 Å². The highest BCUT2D eigenvalue weighted by Crippen LogP contribution is 2.29. The van der Waals surface area contributed by atoms with Gasteiger partial charge in [-0.15, -0.1) is 0 Å².